The number of aromatic nitrogens is 1. The van der Waals surface area contributed by atoms with Gasteiger partial charge in [-0.05, 0) is 30.3 Å². The zero-order valence-corrected chi connectivity index (χ0v) is 11.4. The van der Waals surface area contributed by atoms with Gasteiger partial charge in [0.2, 0.25) is 0 Å². The predicted octanol–water partition coefficient (Wildman–Crippen LogP) is 2.73. The number of halogens is 1. The van der Waals surface area contributed by atoms with Crippen molar-refractivity contribution in [3.8, 4) is 0 Å². The lowest BCUT2D eigenvalue weighted by atomic mass is 10.3. The normalized spacial score (nSPS) is 12.3. The van der Waals surface area contributed by atoms with E-state index in [0.717, 1.165) is 10.2 Å². The SMILES string of the molecule is Nc1cc(Br)ccc1S(=O)Cc1ccccn1. The van der Waals surface area contributed by atoms with Crippen LogP contribution in [0.3, 0.4) is 0 Å². The highest BCUT2D eigenvalue weighted by Gasteiger charge is 2.09. The molecular weight excluding hydrogens is 300 g/mol. The van der Waals surface area contributed by atoms with Crippen LogP contribution < -0.4 is 5.73 Å². The second-order valence-corrected chi connectivity index (χ2v) is 5.83. The van der Waals surface area contributed by atoms with Crippen LogP contribution in [0.5, 0.6) is 0 Å². The van der Waals surface area contributed by atoms with Crippen molar-refractivity contribution in [2.75, 3.05) is 5.73 Å². The van der Waals surface area contributed by atoms with Crippen molar-refractivity contribution in [1.29, 1.82) is 0 Å². The van der Waals surface area contributed by atoms with Gasteiger partial charge in [-0.15, -0.1) is 0 Å². The highest BCUT2D eigenvalue weighted by atomic mass is 79.9. The van der Waals surface area contributed by atoms with Gasteiger partial charge in [-0.3, -0.25) is 9.19 Å². The van der Waals surface area contributed by atoms with Gasteiger partial charge in [0, 0.05) is 16.4 Å². The van der Waals surface area contributed by atoms with Crippen LogP contribution in [-0.2, 0) is 16.6 Å². The number of nitrogens with two attached hydrogens (primary N) is 1. The monoisotopic (exact) mass is 310 g/mol. The number of nitrogens with zero attached hydrogens (tertiary/aromatic N) is 1. The summed E-state index contributed by atoms with van der Waals surface area (Å²) >= 11 is 3.32. The Hall–Kier alpha value is -1.20. The average molecular weight is 311 g/mol. The lowest BCUT2D eigenvalue weighted by molar-refractivity contribution is 0.682. The minimum atomic E-state index is -1.16. The predicted molar refractivity (Wildman–Crippen MR) is 72.9 cm³/mol. The molecule has 88 valence electrons. The third-order valence-corrected chi connectivity index (χ3v) is 4.14. The topological polar surface area (TPSA) is 56.0 Å². The standard InChI is InChI=1S/C12H11BrN2OS/c13-9-4-5-12(11(14)7-9)17(16)8-10-3-1-2-6-15-10/h1-7H,8,14H2. The molecule has 0 spiro atoms. The van der Waals surface area contributed by atoms with Gasteiger partial charge >= 0.3 is 0 Å². The third-order valence-electron chi connectivity index (χ3n) is 2.22. The number of nitrogen functional groups attached to an aromatic ring is 1. The number of benzene rings is 1. The third kappa shape index (κ3) is 3.14. The van der Waals surface area contributed by atoms with E-state index in [1.807, 2.05) is 24.3 Å². The summed E-state index contributed by atoms with van der Waals surface area (Å²) in [5.74, 6) is 0.382. The van der Waals surface area contributed by atoms with E-state index in [-0.39, 0.29) is 0 Å². The molecule has 3 nitrogen and oxygen atoms in total. The van der Waals surface area contributed by atoms with Gasteiger partial charge in [0.15, 0.2) is 0 Å². The number of hydrogen-bond acceptors (Lipinski definition) is 3. The molecule has 0 radical (unpaired) electrons. The summed E-state index contributed by atoms with van der Waals surface area (Å²) in [6.45, 7) is 0. The van der Waals surface area contributed by atoms with Crippen molar-refractivity contribution >= 4 is 32.4 Å². The van der Waals surface area contributed by atoms with Gasteiger partial charge < -0.3 is 5.73 Å². The van der Waals surface area contributed by atoms with Crippen molar-refractivity contribution in [3.05, 3.63) is 52.8 Å². The van der Waals surface area contributed by atoms with Gasteiger partial charge in [-0.1, -0.05) is 22.0 Å². The molecule has 5 heteroatoms. The Morgan fingerprint density at radius 2 is 2.12 bits per heavy atom. The van der Waals surface area contributed by atoms with Crippen LogP contribution in [0.2, 0.25) is 0 Å². The molecule has 2 N–H and O–H groups in total. The van der Waals surface area contributed by atoms with Crippen molar-refractivity contribution in [1.82, 2.24) is 4.98 Å². The summed E-state index contributed by atoms with van der Waals surface area (Å²) in [5.41, 5.74) is 7.17. The lowest BCUT2D eigenvalue weighted by Crippen LogP contribution is -2.02. The first-order valence-corrected chi connectivity index (χ1v) is 7.11. The fourth-order valence-electron chi connectivity index (χ4n) is 1.42. The second-order valence-electron chi connectivity index (χ2n) is 3.49. The molecule has 0 fully saturated rings. The summed E-state index contributed by atoms with van der Waals surface area (Å²) in [7, 11) is -1.16. The minimum absolute atomic E-state index is 0.382. The van der Waals surface area contributed by atoms with Gasteiger partial charge in [0.05, 0.1) is 27.1 Å². The molecule has 0 amide bonds. The molecule has 0 aliphatic heterocycles. The molecule has 0 bridgehead atoms. The molecule has 1 aromatic heterocycles. The lowest BCUT2D eigenvalue weighted by Gasteiger charge is -2.05. The first-order valence-electron chi connectivity index (χ1n) is 5.00. The van der Waals surface area contributed by atoms with Crippen molar-refractivity contribution in [3.63, 3.8) is 0 Å². The maximum absolute atomic E-state index is 12.1. The van der Waals surface area contributed by atoms with E-state index in [1.54, 1.807) is 18.3 Å². The van der Waals surface area contributed by atoms with E-state index in [0.29, 0.717) is 16.3 Å². The maximum Gasteiger partial charge on any atom is 0.0706 e. The van der Waals surface area contributed by atoms with E-state index >= 15 is 0 Å². The van der Waals surface area contributed by atoms with Gasteiger partial charge in [-0.25, -0.2) is 0 Å². The summed E-state index contributed by atoms with van der Waals surface area (Å²) in [4.78, 5) is 4.80. The largest absolute Gasteiger partial charge is 0.398 e. The highest BCUT2D eigenvalue weighted by Crippen LogP contribution is 2.22. The van der Waals surface area contributed by atoms with E-state index < -0.39 is 10.8 Å². The molecule has 2 aromatic rings. The van der Waals surface area contributed by atoms with Crippen molar-refractivity contribution in [2.45, 2.75) is 10.6 Å². The van der Waals surface area contributed by atoms with E-state index in [9.17, 15) is 4.21 Å². The Morgan fingerprint density at radius 3 is 2.76 bits per heavy atom. The van der Waals surface area contributed by atoms with Crippen LogP contribution in [0.4, 0.5) is 5.69 Å². The summed E-state index contributed by atoms with van der Waals surface area (Å²) in [5, 5.41) is 0. The van der Waals surface area contributed by atoms with Crippen LogP contribution in [0.1, 0.15) is 5.69 Å². The van der Waals surface area contributed by atoms with E-state index in [2.05, 4.69) is 20.9 Å². The summed E-state index contributed by atoms with van der Waals surface area (Å²) < 4.78 is 13.0. The molecule has 17 heavy (non-hydrogen) atoms. The van der Waals surface area contributed by atoms with Crippen LogP contribution >= 0.6 is 15.9 Å². The molecule has 1 heterocycles. The Labute approximate surface area is 111 Å². The summed E-state index contributed by atoms with van der Waals surface area (Å²) in [6, 6.07) is 10.9. The van der Waals surface area contributed by atoms with E-state index in [4.69, 9.17) is 5.73 Å². The molecular formula is C12H11BrN2OS. The Morgan fingerprint density at radius 1 is 1.29 bits per heavy atom. The first-order chi connectivity index (χ1) is 8.16. The quantitative estimate of drug-likeness (QED) is 0.887. The van der Waals surface area contributed by atoms with Crippen molar-refractivity contribution < 1.29 is 4.21 Å². The molecule has 2 rings (SSSR count). The van der Waals surface area contributed by atoms with Crippen LogP contribution in [0, 0.1) is 0 Å². The Bertz CT molecular complexity index is 545. The zero-order valence-electron chi connectivity index (χ0n) is 8.97. The van der Waals surface area contributed by atoms with Crippen LogP contribution in [0.15, 0.2) is 52.0 Å². The zero-order chi connectivity index (χ0) is 12.3. The van der Waals surface area contributed by atoms with Crippen LogP contribution in [0.25, 0.3) is 0 Å². The molecule has 0 saturated heterocycles. The average Bonchev–Trinajstić information content (AvgIpc) is 2.30. The molecule has 1 unspecified atom stereocenters. The molecule has 0 saturated carbocycles. The van der Waals surface area contributed by atoms with Crippen molar-refractivity contribution in [2.24, 2.45) is 0 Å². The van der Waals surface area contributed by atoms with Crippen LogP contribution in [-0.4, -0.2) is 9.19 Å². The number of hydrogen-bond donors (Lipinski definition) is 1. The molecule has 0 aliphatic carbocycles. The van der Waals surface area contributed by atoms with Gasteiger partial charge in [0.25, 0.3) is 0 Å². The maximum atomic E-state index is 12.1. The fourth-order valence-corrected chi connectivity index (χ4v) is 2.94. The number of rotatable bonds is 3. The minimum Gasteiger partial charge on any atom is -0.398 e. The van der Waals surface area contributed by atoms with Gasteiger partial charge in [-0.2, -0.15) is 0 Å². The second kappa shape index (κ2) is 5.42. The van der Waals surface area contributed by atoms with E-state index in [1.165, 1.54) is 0 Å². The Kier molecular flexibility index (Phi) is 3.91. The summed E-state index contributed by atoms with van der Waals surface area (Å²) in [6.07, 6.45) is 1.69. The Balaban J connectivity index is 2.21. The molecule has 0 aliphatic rings. The fraction of sp³-hybridized carbons (Fsp3) is 0.0833. The number of pyridine rings is 1. The molecule has 1 aromatic carbocycles. The van der Waals surface area contributed by atoms with Gasteiger partial charge in [0.1, 0.15) is 0 Å². The highest BCUT2D eigenvalue weighted by molar-refractivity contribution is 9.10. The smallest absolute Gasteiger partial charge is 0.0706 e. The first kappa shape index (κ1) is 12.3. The molecule has 1 atom stereocenters. The number of anilines is 1.